The number of hydrogen-bond donors (Lipinski definition) is 0. The first-order valence-electron chi connectivity index (χ1n) is 8.57. The minimum Gasteiger partial charge on any atom is -0.366 e. The summed E-state index contributed by atoms with van der Waals surface area (Å²) in [5.74, 6) is 0.878. The van der Waals surface area contributed by atoms with Gasteiger partial charge >= 0.3 is 0 Å². The fourth-order valence-corrected chi connectivity index (χ4v) is 3.31. The summed E-state index contributed by atoms with van der Waals surface area (Å²) < 4.78 is 9.78. The highest BCUT2D eigenvalue weighted by atomic mass is 16.5. The van der Waals surface area contributed by atoms with Gasteiger partial charge in [-0.15, -0.1) is 10.2 Å². The van der Waals surface area contributed by atoms with E-state index in [0.29, 0.717) is 26.2 Å². The summed E-state index contributed by atoms with van der Waals surface area (Å²) in [5, 5.41) is 9.27. The number of fused-ring (bicyclic) bond motifs is 1. The topological polar surface area (TPSA) is 65.2 Å². The number of amides is 1. The smallest absolute Gasteiger partial charge is 0.242 e. The molecule has 0 radical (unpaired) electrons. The fourth-order valence-electron chi connectivity index (χ4n) is 3.31. The summed E-state index contributed by atoms with van der Waals surface area (Å²) in [6, 6.07) is 10.1. The van der Waals surface area contributed by atoms with Crippen LogP contribution >= 0.6 is 0 Å². The van der Waals surface area contributed by atoms with Crippen molar-refractivity contribution in [2.75, 3.05) is 19.7 Å². The van der Waals surface area contributed by atoms with Gasteiger partial charge in [-0.25, -0.2) is 0 Å². The van der Waals surface area contributed by atoms with Crippen molar-refractivity contribution in [2.45, 2.75) is 26.1 Å². The number of carbonyl (C=O) groups is 1. The zero-order chi connectivity index (χ0) is 17.2. The Morgan fingerprint density at radius 2 is 2.16 bits per heavy atom. The average molecular weight is 339 g/mol. The number of hydrogen-bond acceptors (Lipinski definition) is 4. The van der Waals surface area contributed by atoms with Gasteiger partial charge in [0.2, 0.25) is 5.91 Å². The maximum atomic E-state index is 12.8. The molecule has 0 bridgehead atoms. The third kappa shape index (κ3) is 3.02. The predicted octanol–water partition coefficient (Wildman–Crippen LogP) is 1.85. The van der Waals surface area contributed by atoms with E-state index in [1.54, 1.807) is 6.33 Å². The van der Waals surface area contributed by atoms with Crippen LogP contribution in [-0.4, -0.2) is 49.8 Å². The van der Waals surface area contributed by atoms with Crippen LogP contribution in [0, 0.1) is 0 Å². The number of aromatic nitrogens is 4. The van der Waals surface area contributed by atoms with Gasteiger partial charge in [-0.05, 0) is 24.4 Å². The maximum absolute atomic E-state index is 12.8. The monoisotopic (exact) mass is 339 g/mol. The molecule has 1 fully saturated rings. The van der Waals surface area contributed by atoms with E-state index in [9.17, 15) is 4.79 Å². The molecule has 1 amide bonds. The number of carbonyl (C=O) groups excluding carboxylic acids is 1. The second-order valence-electron chi connectivity index (χ2n) is 6.18. The number of rotatable bonds is 4. The summed E-state index contributed by atoms with van der Waals surface area (Å²) >= 11 is 0. The zero-order valence-corrected chi connectivity index (χ0v) is 14.2. The number of morpholine rings is 1. The van der Waals surface area contributed by atoms with Gasteiger partial charge in [-0.3, -0.25) is 4.79 Å². The summed E-state index contributed by atoms with van der Waals surface area (Å²) in [7, 11) is 0. The molecule has 1 aliphatic rings. The molecule has 0 aliphatic carbocycles. The molecule has 25 heavy (non-hydrogen) atoms. The Morgan fingerprint density at radius 3 is 3.04 bits per heavy atom. The fraction of sp³-hybridized carbons (Fsp3) is 0.389. The molecule has 1 saturated heterocycles. The molecule has 0 unspecified atom stereocenters. The van der Waals surface area contributed by atoms with Gasteiger partial charge in [0.1, 0.15) is 19.0 Å². The molecule has 4 rings (SSSR count). The minimum atomic E-state index is -0.221. The Labute approximate surface area is 145 Å². The van der Waals surface area contributed by atoms with Gasteiger partial charge < -0.3 is 18.8 Å². The van der Waals surface area contributed by atoms with Gasteiger partial charge in [0.15, 0.2) is 5.82 Å². The molecular formula is C18H21N5O2. The molecular weight excluding hydrogens is 318 g/mol. The lowest BCUT2D eigenvalue weighted by molar-refractivity contribution is -0.140. The van der Waals surface area contributed by atoms with Gasteiger partial charge in [-0.2, -0.15) is 0 Å². The molecule has 0 N–H and O–H groups in total. The highest BCUT2D eigenvalue weighted by Gasteiger charge is 2.28. The first-order valence-corrected chi connectivity index (χ1v) is 8.57. The minimum absolute atomic E-state index is 0.0946. The highest BCUT2D eigenvalue weighted by molar-refractivity contribution is 5.83. The summed E-state index contributed by atoms with van der Waals surface area (Å²) in [6.45, 7) is 4.78. The molecule has 3 heterocycles. The van der Waals surface area contributed by atoms with Crippen molar-refractivity contribution in [2.24, 2.45) is 0 Å². The molecule has 130 valence electrons. The number of ether oxygens (including phenoxy) is 1. The highest BCUT2D eigenvalue weighted by Crippen LogP contribution is 2.21. The SMILES string of the molecule is CCn1cnnc1[C@@H]1CN(C(=O)Cn2ccc3ccccc32)CCO1. The van der Waals surface area contributed by atoms with E-state index in [1.165, 1.54) is 0 Å². The van der Waals surface area contributed by atoms with Crippen LogP contribution in [0.15, 0.2) is 42.9 Å². The van der Waals surface area contributed by atoms with Crippen LogP contribution in [0.25, 0.3) is 10.9 Å². The third-order valence-corrected chi connectivity index (χ3v) is 4.68. The summed E-state index contributed by atoms with van der Waals surface area (Å²) in [5.41, 5.74) is 1.08. The van der Waals surface area contributed by atoms with Gasteiger partial charge in [0, 0.05) is 24.8 Å². The van der Waals surface area contributed by atoms with Crippen LogP contribution in [0.5, 0.6) is 0 Å². The molecule has 1 aliphatic heterocycles. The standard InChI is InChI=1S/C18H21N5O2/c1-2-21-13-19-20-18(21)16-11-23(9-10-25-16)17(24)12-22-8-7-14-5-3-4-6-15(14)22/h3-8,13,16H,2,9-12H2,1H3/t16-/m0/s1. The van der Waals surface area contributed by atoms with Crippen LogP contribution in [-0.2, 0) is 22.6 Å². The van der Waals surface area contributed by atoms with E-state index in [0.717, 1.165) is 23.3 Å². The largest absolute Gasteiger partial charge is 0.366 e. The first-order chi connectivity index (χ1) is 12.3. The number of benzene rings is 1. The Balaban J connectivity index is 1.48. The number of nitrogens with zero attached hydrogens (tertiary/aromatic N) is 5. The molecule has 0 saturated carbocycles. The Hall–Kier alpha value is -2.67. The van der Waals surface area contributed by atoms with Crippen molar-refractivity contribution in [3.63, 3.8) is 0 Å². The average Bonchev–Trinajstić information content (AvgIpc) is 3.29. The molecule has 7 heteroatoms. The summed E-state index contributed by atoms with van der Waals surface area (Å²) in [6.07, 6.45) is 3.45. The van der Waals surface area contributed by atoms with E-state index in [2.05, 4.69) is 16.3 Å². The van der Waals surface area contributed by atoms with Crippen LogP contribution in [0.1, 0.15) is 18.9 Å². The molecule has 7 nitrogen and oxygen atoms in total. The normalized spacial score (nSPS) is 18.0. The first kappa shape index (κ1) is 15.8. The third-order valence-electron chi connectivity index (χ3n) is 4.68. The Bertz CT molecular complexity index is 884. The second kappa shape index (κ2) is 6.68. The Morgan fingerprint density at radius 1 is 1.28 bits per heavy atom. The van der Waals surface area contributed by atoms with E-state index >= 15 is 0 Å². The maximum Gasteiger partial charge on any atom is 0.242 e. The van der Waals surface area contributed by atoms with Gasteiger partial charge in [0.05, 0.1) is 13.2 Å². The number of para-hydroxylation sites is 1. The van der Waals surface area contributed by atoms with Crippen LogP contribution in [0.4, 0.5) is 0 Å². The Kier molecular flexibility index (Phi) is 4.23. The van der Waals surface area contributed by atoms with Crippen molar-refractivity contribution >= 4 is 16.8 Å². The van der Waals surface area contributed by atoms with Crippen LogP contribution < -0.4 is 0 Å². The van der Waals surface area contributed by atoms with Crippen molar-refractivity contribution in [1.29, 1.82) is 0 Å². The van der Waals surface area contributed by atoms with Crippen molar-refractivity contribution < 1.29 is 9.53 Å². The molecule has 1 atom stereocenters. The quantitative estimate of drug-likeness (QED) is 0.728. The lowest BCUT2D eigenvalue weighted by atomic mass is 10.2. The van der Waals surface area contributed by atoms with Crippen LogP contribution in [0.2, 0.25) is 0 Å². The molecule has 2 aromatic heterocycles. The summed E-state index contributed by atoms with van der Waals surface area (Å²) in [4.78, 5) is 14.6. The lowest BCUT2D eigenvalue weighted by Gasteiger charge is -2.32. The van der Waals surface area contributed by atoms with E-state index in [-0.39, 0.29) is 12.0 Å². The molecule has 0 spiro atoms. The predicted molar refractivity (Wildman–Crippen MR) is 92.9 cm³/mol. The van der Waals surface area contributed by atoms with Gasteiger partial charge in [-0.1, -0.05) is 18.2 Å². The number of aryl methyl sites for hydroxylation is 1. The molecule has 1 aromatic carbocycles. The van der Waals surface area contributed by atoms with Crippen molar-refractivity contribution in [1.82, 2.24) is 24.2 Å². The van der Waals surface area contributed by atoms with E-state index in [4.69, 9.17) is 4.74 Å². The zero-order valence-electron chi connectivity index (χ0n) is 14.2. The van der Waals surface area contributed by atoms with Crippen molar-refractivity contribution in [3.05, 3.63) is 48.7 Å². The second-order valence-corrected chi connectivity index (χ2v) is 6.18. The molecule has 3 aromatic rings. The van der Waals surface area contributed by atoms with E-state index < -0.39 is 0 Å². The van der Waals surface area contributed by atoms with E-state index in [1.807, 2.05) is 51.4 Å². The van der Waals surface area contributed by atoms with Crippen LogP contribution in [0.3, 0.4) is 0 Å². The van der Waals surface area contributed by atoms with Crippen molar-refractivity contribution in [3.8, 4) is 0 Å². The lowest BCUT2D eigenvalue weighted by Crippen LogP contribution is -2.44. The van der Waals surface area contributed by atoms with Gasteiger partial charge in [0.25, 0.3) is 0 Å².